The fourth-order valence-corrected chi connectivity index (χ4v) is 2.69. The van der Waals surface area contributed by atoms with Crippen LogP contribution in [0.3, 0.4) is 0 Å². The number of halogens is 2. The molecule has 2 rings (SSSR count). The predicted molar refractivity (Wildman–Crippen MR) is 106 cm³/mol. The van der Waals surface area contributed by atoms with Crippen LogP contribution in [0.2, 0.25) is 10.0 Å². The Morgan fingerprint density at radius 1 is 1.11 bits per heavy atom. The molecule has 0 aliphatic heterocycles. The molecule has 0 heterocycles. The molecule has 0 aliphatic rings. The molecule has 7 heteroatoms. The number of carbonyl (C=O) groups is 1. The molecule has 2 aromatic carbocycles. The van der Waals surface area contributed by atoms with E-state index in [0.29, 0.717) is 39.5 Å². The standard InChI is InChI=1S/C20H20Cl2O5/c1-3-25-18-12-14(11-17(22)20(18)24-2)7-8-19(23)27-10-9-26-16-6-4-5-15(21)13-16/h4-8,11-13H,3,9-10H2,1-2H3/b8-7+. The van der Waals surface area contributed by atoms with Crippen LogP contribution in [0.1, 0.15) is 12.5 Å². The van der Waals surface area contributed by atoms with Crippen molar-refractivity contribution < 1.29 is 23.7 Å². The highest BCUT2D eigenvalue weighted by atomic mass is 35.5. The van der Waals surface area contributed by atoms with E-state index < -0.39 is 5.97 Å². The first-order chi connectivity index (χ1) is 13.0. The van der Waals surface area contributed by atoms with Crippen molar-refractivity contribution in [2.45, 2.75) is 6.92 Å². The summed E-state index contributed by atoms with van der Waals surface area (Å²) in [5.41, 5.74) is 0.691. The molecule has 0 fully saturated rings. The van der Waals surface area contributed by atoms with Crippen molar-refractivity contribution in [1.29, 1.82) is 0 Å². The quantitative estimate of drug-likeness (QED) is 0.329. The maximum absolute atomic E-state index is 11.8. The highest BCUT2D eigenvalue weighted by Crippen LogP contribution is 2.36. The van der Waals surface area contributed by atoms with Crippen molar-refractivity contribution in [3.63, 3.8) is 0 Å². The topological polar surface area (TPSA) is 54.0 Å². The number of carbonyl (C=O) groups excluding carboxylic acids is 1. The van der Waals surface area contributed by atoms with E-state index in [9.17, 15) is 4.79 Å². The Bertz CT molecular complexity index is 805. The molecule has 0 atom stereocenters. The van der Waals surface area contributed by atoms with Gasteiger partial charge in [-0.1, -0.05) is 29.3 Å². The van der Waals surface area contributed by atoms with Gasteiger partial charge in [0.15, 0.2) is 11.5 Å². The fourth-order valence-electron chi connectivity index (χ4n) is 2.22. The maximum atomic E-state index is 11.8. The van der Waals surface area contributed by atoms with E-state index in [-0.39, 0.29) is 13.2 Å². The van der Waals surface area contributed by atoms with Crippen molar-refractivity contribution in [3.8, 4) is 17.2 Å². The van der Waals surface area contributed by atoms with Gasteiger partial charge in [-0.15, -0.1) is 0 Å². The minimum Gasteiger partial charge on any atom is -0.491 e. The van der Waals surface area contributed by atoms with Crippen LogP contribution in [0.4, 0.5) is 0 Å². The summed E-state index contributed by atoms with van der Waals surface area (Å²) in [4.78, 5) is 11.8. The Morgan fingerprint density at radius 3 is 2.63 bits per heavy atom. The molecule has 144 valence electrons. The van der Waals surface area contributed by atoms with Crippen molar-refractivity contribution in [2.24, 2.45) is 0 Å². The van der Waals surface area contributed by atoms with Gasteiger partial charge in [0.2, 0.25) is 0 Å². The Labute approximate surface area is 168 Å². The summed E-state index contributed by atoms with van der Waals surface area (Å²) in [5, 5.41) is 0.975. The second-order valence-corrected chi connectivity index (χ2v) is 6.12. The third-order valence-corrected chi connectivity index (χ3v) is 3.86. The summed E-state index contributed by atoms with van der Waals surface area (Å²) >= 11 is 12.0. The van der Waals surface area contributed by atoms with E-state index >= 15 is 0 Å². The van der Waals surface area contributed by atoms with Gasteiger partial charge < -0.3 is 18.9 Å². The zero-order valence-corrected chi connectivity index (χ0v) is 16.5. The molecule has 0 saturated heterocycles. The number of ether oxygens (including phenoxy) is 4. The average Bonchev–Trinajstić information content (AvgIpc) is 2.64. The molecule has 0 spiro atoms. The van der Waals surface area contributed by atoms with Crippen LogP contribution < -0.4 is 14.2 Å². The lowest BCUT2D eigenvalue weighted by Crippen LogP contribution is -2.10. The molecule has 5 nitrogen and oxygen atoms in total. The van der Waals surface area contributed by atoms with E-state index in [1.165, 1.54) is 13.2 Å². The Morgan fingerprint density at radius 2 is 1.93 bits per heavy atom. The van der Waals surface area contributed by atoms with Crippen LogP contribution in [0.15, 0.2) is 42.5 Å². The van der Waals surface area contributed by atoms with Crippen LogP contribution in [-0.4, -0.2) is 32.9 Å². The monoisotopic (exact) mass is 410 g/mol. The van der Waals surface area contributed by atoms with E-state index in [4.69, 9.17) is 42.1 Å². The number of benzene rings is 2. The predicted octanol–water partition coefficient (Wildman–Crippen LogP) is 5.04. The van der Waals surface area contributed by atoms with E-state index in [1.807, 2.05) is 6.92 Å². The Balaban J connectivity index is 1.87. The average molecular weight is 411 g/mol. The number of esters is 1. The summed E-state index contributed by atoms with van der Waals surface area (Å²) in [5.74, 6) is 1.09. The molecular formula is C20H20Cl2O5. The van der Waals surface area contributed by atoms with Gasteiger partial charge in [-0.05, 0) is 48.9 Å². The third-order valence-electron chi connectivity index (χ3n) is 3.34. The zero-order chi connectivity index (χ0) is 19.6. The van der Waals surface area contributed by atoms with E-state index in [0.717, 1.165) is 0 Å². The van der Waals surface area contributed by atoms with E-state index in [2.05, 4.69) is 0 Å². The van der Waals surface area contributed by atoms with Crippen molar-refractivity contribution in [1.82, 2.24) is 0 Å². The second-order valence-electron chi connectivity index (χ2n) is 5.27. The molecule has 27 heavy (non-hydrogen) atoms. The molecule has 2 aromatic rings. The number of methoxy groups -OCH3 is 1. The largest absolute Gasteiger partial charge is 0.491 e. The molecule has 0 saturated carbocycles. The summed E-state index contributed by atoms with van der Waals surface area (Å²) in [6.07, 6.45) is 2.90. The molecule has 0 N–H and O–H groups in total. The van der Waals surface area contributed by atoms with Crippen LogP contribution >= 0.6 is 23.2 Å². The summed E-state index contributed by atoms with van der Waals surface area (Å²) in [6, 6.07) is 10.4. The Hall–Kier alpha value is -2.37. The third kappa shape index (κ3) is 6.70. The summed E-state index contributed by atoms with van der Waals surface area (Å²) in [7, 11) is 1.52. The maximum Gasteiger partial charge on any atom is 0.330 e. The molecule has 0 aromatic heterocycles. The van der Waals surface area contributed by atoms with Gasteiger partial charge in [-0.2, -0.15) is 0 Å². The fraction of sp³-hybridized carbons (Fsp3) is 0.250. The number of hydrogen-bond acceptors (Lipinski definition) is 5. The lowest BCUT2D eigenvalue weighted by molar-refractivity contribution is -0.138. The van der Waals surface area contributed by atoms with Crippen molar-refractivity contribution >= 4 is 35.2 Å². The first kappa shape index (κ1) is 20.9. The smallest absolute Gasteiger partial charge is 0.330 e. The molecule has 0 unspecified atom stereocenters. The van der Waals surface area contributed by atoms with Gasteiger partial charge in [-0.25, -0.2) is 4.79 Å². The van der Waals surface area contributed by atoms with Gasteiger partial charge in [0.05, 0.1) is 18.7 Å². The Kier molecular flexibility index (Phi) is 8.30. The van der Waals surface area contributed by atoms with Crippen LogP contribution in [0.25, 0.3) is 6.08 Å². The SMILES string of the molecule is CCOc1cc(/C=C/C(=O)OCCOc2cccc(Cl)c2)cc(Cl)c1OC. The van der Waals surface area contributed by atoms with E-state index in [1.54, 1.807) is 42.5 Å². The summed E-state index contributed by atoms with van der Waals surface area (Å²) in [6.45, 7) is 2.67. The van der Waals surface area contributed by atoms with Gasteiger partial charge in [0, 0.05) is 11.1 Å². The lowest BCUT2D eigenvalue weighted by Gasteiger charge is -2.11. The molecule has 0 aliphatic carbocycles. The molecular weight excluding hydrogens is 391 g/mol. The first-order valence-corrected chi connectivity index (χ1v) is 9.02. The normalized spacial score (nSPS) is 10.7. The van der Waals surface area contributed by atoms with Gasteiger partial charge >= 0.3 is 5.97 Å². The van der Waals surface area contributed by atoms with Gasteiger partial charge in [-0.3, -0.25) is 0 Å². The highest BCUT2D eigenvalue weighted by molar-refractivity contribution is 6.32. The number of rotatable bonds is 9. The molecule has 0 bridgehead atoms. The minimum atomic E-state index is -0.491. The van der Waals surface area contributed by atoms with Gasteiger partial charge in [0.25, 0.3) is 0 Å². The lowest BCUT2D eigenvalue weighted by atomic mass is 10.2. The number of hydrogen-bond donors (Lipinski definition) is 0. The molecule has 0 amide bonds. The second kappa shape index (κ2) is 10.7. The summed E-state index contributed by atoms with van der Waals surface area (Å²) < 4.78 is 21.3. The van der Waals surface area contributed by atoms with Crippen LogP contribution in [0.5, 0.6) is 17.2 Å². The van der Waals surface area contributed by atoms with Crippen molar-refractivity contribution in [2.75, 3.05) is 26.9 Å². The zero-order valence-electron chi connectivity index (χ0n) is 15.0. The highest BCUT2D eigenvalue weighted by Gasteiger charge is 2.10. The molecule has 0 radical (unpaired) electrons. The van der Waals surface area contributed by atoms with Crippen LogP contribution in [0, 0.1) is 0 Å². The minimum absolute atomic E-state index is 0.114. The first-order valence-electron chi connectivity index (χ1n) is 8.27. The van der Waals surface area contributed by atoms with Crippen molar-refractivity contribution in [3.05, 3.63) is 58.1 Å². The van der Waals surface area contributed by atoms with Crippen LogP contribution in [-0.2, 0) is 9.53 Å². The van der Waals surface area contributed by atoms with Gasteiger partial charge in [0.1, 0.15) is 19.0 Å².